The van der Waals surface area contributed by atoms with Crippen molar-refractivity contribution in [3.8, 4) is 23.0 Å². The molecule has 7 heteroatoms. The number of phenolic OH excluding ortho intramolecular Hbond substituents is 1. The van der Waals surface area contributed by atoms with Crippen LogP contribution in [0.15, 0.2) is 42.2 Å². The van der Waals surface area contributed by atoms with E-state index in [9.17, 15) is 5.11 Å². The van der Waals surface area contributed by atoms with Crippen LogP contribution in [0.5, 0.6) is 23.0 Å². The van der Waals surface area contributed by atoms with E-state index in [-0.39, 0.29) is 5.75 Å². The molecule has 0 heterocycles. The van der Waals surface area contributed by atoms with Gasteiger partial charge in [-0.25, -0.2) is 0 Å². The van der Waals surface area contributed by atoms with Crippen LogP contribution in [-0.4, -0.2) is 12.2 Å². The lowest BCUT2D eigenvalue weighted by molar-refractivity contribution is 0.407. The normalized spacial score (nSPS) is 10.4. The molecule has 20 heavy (non-hydrogen) atoms. The Balaban J connectivity index is 2.42. The first-order valence-corrected chi connectivity index (χ1v) is 8.48. The van der Waals surface area contributed by atoms with Crippen molar-refractivity contribution in [2.45, 2.75) is 0 Å². The third kappa shape index (κ3) is 3.50. The van der Waals surface area contributed by atoms with Crippen LogP contribution in [0, 0.1) is 0 Å². The van der Waals surface area contributed by atoms with Crippen LogP contribution in [0.1, 0.15) is 0 Å². The van der Waals surface area contributed by atoms with Gasteiger partial charge in [0.25, 0.3) is 0 Å². The first kappa shape index (κ1) is 16.1. The molecular weight excluding hydrogens is 524 g/mol. The summed E-state index contributed by atoms with van der Waals surface area (Å²) in [5, 5.41) is 9.78. The molecule has 0 radical (unpaired) electrons. The molecule has 0 aliphatic carbocycles. The second-order valence-corrected chi connectivity index (χ2v) is 7.06. The third-order valence-electron chi connectivity index (χ3n) is 2.41. The summed E-state index contributed by atoms with van der Waals surface area (Å²) in [4.78, 5) is 0. The highest BCUT2D eigenvalue weighted by Gasteiger charge is 2.12. The molecule has 0 amide bonds. The molecule has 0 fully saturated rings. The lowest BCUT2D eigenvalue weighted by Crippen LogP contribution is -1.90. The minimum atomic E-state index is 0.0902. The highest BCUT2D eigenvalue weighted by molar-refractivity contribution is 9.13. The predicted molar refractivity (Wildman–Crippen MR) is 92.0 cm³/mol. The lowest BCUT2D eigenvalue weighted by Gasteiger charge is -2.12. The Morgan fingerprint density at radius 2 is 1.45 bits per heavy atom. The zero-order chi connectivity index (χ0) is 14.9. The van der Waals surface area contributed by atoms with E-state index in [1.807, 2.05) is 6.07 Å². The van der Waals surface area contributed by atoms with E-state index in [1.54, 1.807) is 19.2 Å². The van der Waals surface area contributed by atoms with E-state index >= 15 is 0 Å². The monoisotopic (exact) mass is 528 g/mol. The molecule has 3 nitrogen and oxygen atoms in total. The Kier molecular flexibility index (Phi) is 5.39. The van der Waals surface area contributed by atoms with Crippen molar-refractivity contribution in [3.63, 3.8) is 0 Å². The fourth-order valence-corrected chi connectivity index (χ4v) is 2.86. The van der Waals surface area contributed by atoms with E-state index in [0.29, 0.717) is 26.2 Å². The number of phenols is 1. The Bertz CT molecular complexity index is 635. The predicted octanol–water partition coefficient (Wildman–Crippen LogP) is 6.24. The molecule has 0 bridgehead atoms. The van der Waals surface area contributed by atoms with E-state index in [1.165, 1.54) is 6.07 Å². The molecule has 106 valence electrons. The molecule has 0 spiro atoms. The van der Waals surface area contributed by atoms with Gasteiger partial charge in [0, 0.05) is 21.1 Å². The minimum absolute atomic E-state index is 0.0902. The number of methoxy groups -OCH3 is 1. The van der Waals surface area contributed by atoms with Crippen molar-refractivity contribution in [2.24, 2.45) is 0 Å². The van der Waals surface area contributed by atoms with Gasteiger partial charge in [0.05, 0.1) is 16.1 Å². The number of halogens is 4. The zero-order valence-corrected chi connectivity index (χ0v) is 16.4. The van der Waals surface area contributed by atoms with E-state index in [0.717, 1.165) is 8.95 Å². The van der Waals surface area contributed by atoms with Crippen molar-refractivity contribution in [1.82, 2.24) is 0 Å². The highest BCUT2D eigenvalue weighted by atomic mass is 79.9. The van der Waals surface area contributed by atoms with Crippen molar-refractivity contribution >= 4 is 63.7 Å². The molecular formula is C13H8Br4O3. The standard InChI is InChI=1S/C13H8Br4O3/c1-19-6-2-9(15)13(17)11(5-6)20-7-3-8(14)12(16)10(18)4-7/h2-5,18H,1H3. The van der Waals surface area contributed by atoms with Gasteiger partial charge in [-0.1, -0.05) is 0 Å². The van der Waals surface area contributed by atoms with Gasteiger partial charge in [0.1, 0.15) is 23.0 Å². The van der Waals surface area contributed by atoms with E-state index < -0.39 is 0 Å². The Morgan fingerprint density at radius 3 is 2.05 bits per heavy atom. The maximum absolute atomic E-state index is 9.78. The quantitative estimate of drug-likeness (QED) is 0.509. The summed E-state index contributed by atoms with van der Waals surface area (Å²) in [5.74, 6) is 1.83. The van der Waals surface area contributed by atoms with Crippen LogP contribution in [0.4, 0.5) is 0 Å². The molecule has 0 aromatic heterocycles. The molecule has 0 unspecified atom stereocenters. The van der Waals surface area contributed by atoms with Crippen molar-refractivity contribution in [3.05, 3.63) is 42.2 Å². The van der Waals surface area contributed by atoms with Crippen LogP contribution >= 0.6 is 63.7 Å². The molecule has 0 aliphatic heterocycles. The molecule has 1 N–H and O–H groups in total. The summed E-state index contributed by atoms with van der Waals surface area (Å²) in [5.41, 5.74) is 0. The highest BCUT2D eigenvalue weighted by Crippen LogP contribution is 2.42. The molecule has 2 aromatic carbocycles. The van der Waals surface area contributed by atoms with Gasteiger partial charge in [0.2, 0.25) is 0 Å². The summed E-state index contributed by atoms with van der Waals surface area (Å²) in [7, 11) is 1.58. The van der Waals surface area contributed by atoms with Gasteiger partial charge in [-0.3, -0.25) is 0 Å². The van der Waals surface area contributed by atoms with Crippen molar-refractivity contribution in [1.29, 1.82) is 0 Å². The Morgan fingerprint density at radius 1 is 0.850 bits per heavy atom. The van der Waals surface area contributed by atoms with Crippen LogP contribution in [-0.2, 0) is 0 Å². The molecule has 0 saturated heterocycles. The molecule has 0 saturated carbocycles. The van der Waals surface area contributed by atoms with Crippen molar-refractivity contribution in [2.75, 3.05) is 7.11 Å². The summed E-state index contributed by atoms with van der Waals surface area (Å²) in [6.07, 6.45) is 0. The van der Waals surface area contributed by atoms with Crippen LogP contribution in [0.25, 0.3) is 0 Å². The van der Waals surface area contributed by atoms with Crippen LogP contribution in [0.3, 0.4) is 0 Å². The summed E-state index contributed by atoms with van der Waals surface area (Å²) in [6, 6.07) is 6.85. The number of aromatic hydroxyl groups is 1. The fourth-order valence-electron chi connectivity index (χ4n) is 1.47. The fraction of sp³-hybridized carbons (Fsp3) is 0.0769. The molecule has 2 rings (SSSR count). The van der Waals surface area contributed by atoms with Crippen molar-refractivity contribution < 1.29 is 14.6 Å². The summed E-state index contributed by atoms with van der Waals surface area (Å²) >= 11 is 13.5. The minimum Gasteiger partial charge on any atom is -0.507 e. The number of ether oxygens (including phenoxy) is 2. The average molecular weight is 532 g/mol. The topological polar surface area (TPSA) is 38.7 Å². The average Bonchev–Trinajstić information content (AvgIpc) is 2.40. The number of benzene rings is 2. The van der Waals surface area contributed by atoms with Gasteiger partial charge in [-0.05, 0) is 75.9 Å². The van der Waals surface area contributed by atoms with Gasteiger partial charge in [-0.2, -0.15) is 0 Å². The lowest BCUT2D eigenvalue weighted by atomic mass is 10.3. The second kappa shape index (κ2) is 6.68. The van der Waals surface area contributed by atoms with E-state index in [2.05, 4.69) is 63.7 Å². The Hall–Kier alpha value is -0.240. The summed E-state index contributed by atoms with van der Waals surface area (Å²) in [6.45, 7) is 0. The third-order valence-corrected chi connectivity index (χ3v) is 6.38. The molecule has 0 atom stereocenters. The number of hydrogen-bond donors (Lipinski definition) is 1. The molecule has 0 aliphatic rings. The SMILES string of the molecule is COc1cc(Br)c(Br)c(Oc2cc(O)c(Br)c(Br)c2)c1. The second-order valence-electron chi connectivity index (χ2n) is 3.76. The van der Waals surface area contributed by atoms with Crippen LogP contribution in [0.2, 0.25) is 0 Å². The first-order valence-electron chi connectivity index (χ1n) is 5.31. The number of rotatable bonds is 3. The largest absolute Gasteiger partial charge is 0.507 e. The number of hydrogen-bond acceptors (Lipinski definition) is 3. The van der Waals surface area contributed by atoms with E-state index in [4.69, 9.17) is 9.47 Å². The Labute approximate surface area is 149 Å². The summed E-state index contributed by atoms with van der Waals surface area (Å²) < 4.78 is 13.8. The van der Waals surface area contributed by atoms with Crippen LogP contribution < -0.4 is 9.47 Å². The van der Waals surface area contributed by atoms with Gasteiger partial charge < -0.3 is 14.6 Å². The zero-order valence-electron chi connectivity index (χ0n) is 10.1. The first-order chi connectivity index (χ1) is 9.42. The smallest absolute Gasteiger partial charge is 0.146 e. The molecule has 2 aromatic rings. The van der Waals surface area contributed by atoms with Gasteiger partial charge in [-0.15, -0.1) is 0 Å². The van der Waals surface area contributed by atoms with Gasteiger partial charge in [0.15, 0.2) is 0 Å². The maximum Gasteiger partial charge on any atom is 0.146 e. The maximum atomic E-state index is 9.78. The van der Waals surface area contributed by atoms with Gasteiger partial charge >= 0.3 is 0 Å².